The van der Waals surface area contributed by atoms with Gasteiger partial charge in [0.05, 0.1) is 5.56 Å². The van der Waals surface area contributed by atoms with Crippen LogP contribution in [0.1, 0.15) is 30.1 Å². The zero-order chi connectivity index (χ0) is 12.3. The van der Waals surface area contributed by atoms with Gasteiger partial charge in [-0.1, -0.05) is 0 Å². The number of carbonyl (C=O) groups excluding carboxylic acids is 1. The molecule has 0 spiro atoms. The number of carbonyl (C=O) groups is 1. The Morgan fingerprint density at radius 1 is 1.53 bits per heavy atom. The minimum atomic E-state index is -0.550. The summed E-state index contributed by atoms with van der Waals surface area (Å²) in [7, 11) is 0. The smallest absolute Gasteiger partial charge is 0.257 e. The fraction of sp³-hybridized carbons (Fsp3) is 0.500. The number of aromatic nitrogens is 1. The molecule has 5 heteroatoms. The molecule has 0 unspecified atom stereocenters. The Morgan fingerprint density at radius 2 is 2.24 bits per heavy atom. The van der Waals surface area contributed by atoms with Gasteiger partial charge in [0.1, 0.15) is 0 Å². The molecule has 2 heterocycles. The van der Waals surface area contributed by atoms with E-state index in [9.17, 15) is 9.18 Å². The van der Waals surface area contributed by atoms with Gasteiger partial charge >= 0.3 is 0 Å². The molecular weight excluding hydrogens is 221 g/mol. The van der Waals surface area contributed by atoms with Crippen molar-refractivity contribution in [3.8, 4) is 0 Å². The number of anilines is 1. The maximum atomic E-state index is 14.0. The van der Waals surface area contributed by atoms with E-state index >= 15 is 0 Å². The Kier molecular flexibility index (Phi) is 3.56. The van der Waals surface area contributed by atoms with Crippen LogP contribution in [0, 0.1) is 5.82 Å². The first kappa shape index (κ1) is 11.8. The Hall–Kier alpha value is -1.65. The molecule has 1 amide bonds. The molecule has 92 valence electrons. The molecule has 4 nitrogen and oxygen atoms in total. The zero-order valence-corrected chi connectivity index (χ0v) is 9.87. The Balaban J connectivity index is 2.25. The average molecular weight is 237 g/mol. The van der Waals surface area contributed by atoms with Crippen LogP contribution < -0.4 is 5.32 Å². The zero-order valence-electron chi connectivity index (χ0n) is 9.87. The van der Waals surface area contributed by atoms with Crippen LogP contribution in [-0.2, 0) is 0 Å². The summed E-state index contributed by atoms with van der Waals surface area (Å²) in [4.78, 5) is 17.6. The van der Waals surface area contributed by atoms with Gasteiger partial charge in [-0.15, -0.1) is 0 Å². The molecule has 0 radical (unpaired) electrons. The Labute approximate surface area is 99.8 Å². The van der Waals surface area contributed by atoms with E-state index in [1.807, 2.05) is 6.92 Å². The minimum absolute atomic E-state index is 0.109. The maximum absolute atomic E-state index is 14.0. The highest BCUT2D eigenvalue weighted by molar-refractivity contribution is 5.95. The number of amides is 1. The summed E-state index contributed by atoms with van der Waals surface area (Å²) in [6, 6.07) is 1.44. The second-order valence-electron chi connectivity index (χ2n) is 4.05. The summed E-state index contributed by atoms with van der Waals surface area (Å²) in [5.41, 5.74) is 0.109. The first-order chi connectivity index (χ1) is 8.24. The number of hydrogen-bond acceptors (Lipinski definition) is 3. The third-order valence-corrected chi connectivity index (χ3v) is 2.86. The summed E-state index contributed by atoms with van der Waals surface area (Å²) in [6.07, 6.45) is 3.46. The number of likely N-dealkylation sites (tertiary alicyclic amines) is 1. The van der Waals surface area contributed by atoms with Gasteiger partial charge in [-0.2, -0.15) is 0 Å². The quantitative estimate of drug-likeness (QED) is 0.873. The summed E-state index contributed by atoms with van der Waals surface area (Å²) in [5.74, 6) is -0.634. The Bertz CT molecular complexity index is 416. The van der Waals surface area contributed by atoms with E-state index in [0.29, 0.717) is 6.54 Å². The number of hydrogen-bond donors (Lipinski definition) is 1. The molecule has 0 saturated carbocycles. The maximum Gasteiger partial charge on any atom is 0.257 e. The highest BCUT2D eigenvalue weighted by atomic mass is 19.1. The third kappa shape index (κ3) is 2.38. The van der Waals surface area contributed by atoms with Crippen LogP contribution in [0.3, 0.4) is 0 Å². The molecule has 0 aromatic carbocycles. The highest BCUT2D eigenvalue weighted by Crippen LogP contribution is 2.19. The van der Waals surface area contributed by atoms with Gasteiger partial charge in [0.2, 0.25) is 0 Å². The van der Waals surface area contributed by atoms with Crippen LogP contribution in [0.2, 0.25) is 0 Å². The van der Waals surface area contributed by atoms with E-state index in [1.165, 1.54) is 12.3 Å². The van der Waals surface area contributed by atoms with E-state index in [-0.39, 0.29) is 17.3 Å². The van der Waals surface area contributed by atoms with Gasteiger partial charge in [0.15, 0.2) is 11.6 Å². The fourth-order valence-electron chi connectivity index (χ4n) is 1.99. The lowest BCUT2D eigenvalue weighted by molar-refractivity contribution is 0.0788. The first-order valence-electron chi connectivity index (χ1n) is 5.91. The van der Waals surface area contributed by atoms with E-state index < -0.39 is 5.82 Å². The van der Waals surface area contributed by atoms with Crippen molar-refractivity contribution in [1.82, 2.24) is 9.88 Å². The summed E-state index contributed by atoms with van der Waals surface area (Å²) in [6.45, 7) is 3.87. The molecule has 1 aliphatic rings. The molecule has 0 atom stereocenters. The van der Waals surface area contributed by atoms with E-state index in [0.717, 1.165) is 25.9 Å². The molecule has 17 heavy (non-hydrogen) atoms. The highest BCUT2D eigenvalue weighted by Gasteiger charge is 2.23. The standard InChI is InChI=1S/C12H16FN3O/c1-2-14-11-10(13)9(5-6-15-11)12(17)16-7-3-4-8-16/h5-6H,2-4,7-8H2,1H3,(H,14,15). The number of pyridine rings is 1. The molecule has 1 saturated heterocycles. The van der Waals surface area contributed by atoms with Crippen LogP contribution in [0.25, 0.3) is 0 Å². The van der Waals surface area contributed by atoms with Crippen molar-refractivity contribution in [2.75, 3.05) is 25.0 Å². The molecule has 2 rings (SSSR count). The molecule has 0 aliphatic carbocycles. The van der Waals surface area contributed by atoms with Gasteiger partial charge < -0.3 is 10.2 Å². The van der Waals surface area contributed by atoms with Gasteiger partial charge in [-0.3, -0.25) is 4.79 Å². The lowest BCUT2D eigenvalue weighted by Gasteiger charge is -2.16. The second kappa shape index (κ2) is 5.12. The van der Waals surface area contributed by atoms with E-state index in [1.54, 1.807) is 4.90 Å². The van der Waals surface area contributed by atoms with E-state index in [2.05, 4.69) is 10.3 Å². The third-order valence-electron chi connectivity index (χ3n) is 2.86. The van der Waals surface area contributed by atoms with Gasteiger partial charge in [0.25, 0.3) is 5.91 Å². The minimum Gasteiger partial charge on any atom is -0.368 e. The summed E-state index contributed by atoms with van der Waals surface area (Å²) in [5, 5.41) is 2.80. The summed E-state index contributed by atoms with van der Waals surface area (Å²) < 4.78 is 14.0. The van der Waals surface area contributed by atoms with Crippen molar-refractivity contribution in [2.45, 2.75) is 19.8 Å². The van der Waals surface area contributed by atoms with Crippen molar-refractivity contribution in [2.24, 2.45) is 0 Å². The Morgan fingerprint density at radius 3 is 2.88 bits per heavy atom. The lowest BCUT2D eigenvalue weighted by Crippen LogP contribution is -2.28. The van der Waals surface area contributed by atoms with Gasteiger partial charge in [-0.05, 0) is 25.8 Å². The fourth-order valence-corrected chi connectivity index (χ4v) is 1.99. The number of halogens is 1. The number of rotatable bonds is 3. The topological polar surface area (TPSA) is 45.2 Å². The normalized spacial score (nSPS) is 15.1. The lowest BCUT2D eigenvalue weighted by atomic mass is 10.2. The van der Waals surface area contributed by atoms with Gasteiger partial charge in [0, 0.05) is 25.8 Å². The van der Waals surface area contributed by atoms with Crippen LogP contribution in [-0.4, -0.2) is 35.4 Å². The molecule has 1 aromatic rings. The largest absolute Gasteiger partial charge is 0.368 e. The van der Waals surface area contributed by atoms with Crippen LogP contribution >= 0.6 is 0 Å². The SMILES string of the molecule is CCNc1nccc(C(=O)N2CCCC2)c1F. The monoisotopic (exact) mass is 237 g/mol. The molecule has 1 aromatic heterocycles. The molecule has 0 bridgehead atoms. The van der Waals surface area contributed by atoms with Gasteiger partial charge in [-0.25, -0.2) is 9.37 Å². The predicted octanol–water partition coefficient (Wildman–Crippen LogP) is 1.89. The van der Waals surface area contributed by atoms with Crippen molar-refractivity contribution in [3.05, 3.63) is 23.6 Å². The van der Waals surface area contributed by atoms with Crippen LogP contribution in [0.15, 0.2) is 12.3 Å². The number of nitrogens with zero attached hydrogens (tertiary/aromatic N) is 2. The van der Waals surface area contributed by atoms with E-state index in [4.69, 9.17) is 0 Å². The second-order valence-corrected chi connectivity index (χ2v) is 4.05. The molecule has 1 N–H and O–H groups in total. The van der Waals surface area contributed by atoms with Crippen molar-refractivity contribution in [1.29, 1.82) is 0 Å². The first-order valence-corrected chi connectivity index (χ1v) is 5.91. The van der Waals surface area contributed by atoms with Crippen molar-refractivity contribution in [3.63, 3.8) is 0 Å². The van der Waals surface area contributed by atoms with Crippen LogP contribution in [0.4, 0.5) is 10.2 Å². The average Bonchev–Trinajstić information content (AvgIpc) is 2.85. The molecule has 1 aliphatic heterocycles. The van der Waals surface area contributed by atoms with Crippen LogP contribution in [0.5, 0.6) is 0 Å². The predicted molar refractivity (Wildman–Crippen MR) is 63.5 cm³/mol. The van der Waals surface area contributed by atoms with Crippen molar-refractivity contribution >= 4 is 11.7 Å². The number of nitrogens with one attached hydrogen (secondary N) is 1. The molecular formula is C12H16FN3O. The van der Waals surface area contributed by atoms with Crippen molar-refractivity contribution < 1.29 is 9.18 Å². The summed E-state index contributed by atoms with van der Waals surface area (Å²) >= 11 is 0. The molecule has 1 fully saturated rings.